The van der Waals surface area contributed by atoms with Crippen LogP contribution in [0.4, 0.5) is 0 Å². The summed E-state index contributed by atoms with van der Waals surface area (Å²) < 4.78 is 0. The van der Waals surface area contributed by atoms with Crippen LogP contribution in [0.2, 0.25) is 0 Å². The molecular formula is C30H54O3. The molecule has 0 heterocycles. The molecule has 1 atom stereocenters. The van der Waals surface area contributed by atoms with Crippen molar-refractivity contribution in [2.24, 2.45) is 5.41 Å². The van der Waals surface area contributed by atoms with Crippen LogP contribution in [-0.2, 0) is 12.8 Å². The lowest BCUT2D eigenvalue weighted by molar-refractivity contribution is -0.0113. The second kappa shape index (κ2) is 18.4. The van der Waals surface area contributed by atoms with Crippen molar-refractivity contribution in [1.82, 2.24) is 0 Å². The maximum Gasteiger partial charge on any atom is 0.0537 e. The van der Waals surface area contributed by atoms with Gasteiger partial charge in [0.25, 0.3) is 0 Å². The molecule has 0 saturated carbocycles. The molecule has 0 aromatic heterocycles. The zero-order valence-electron chi connectivity index (χ0n) is 22.1. The number of aliphatic hydroxyl groups is 3. The second-order valence-electron chi connectivity index (χ2n) is 10.3. The Morgan fingerprint density at radius 3 is 1.58 bits per heavy atom. The highest BCUT2D eigenvalue weighted by Crippen LogP contribution is 2.38. The van der Waals surface area contributed by atoms with Gasteiger partial charge in [0.15, 0.2) is 0 Å². The molecule has 0 aliphatic heterocycles. The van der Waals surface area contributed by atoms with Crippen molar-refractivity contribution in [1.29, 1.82) is 0 Å². The molecular weight excluding hydrogens is 408 g/mol. The molecule has 1 rings (SSSR count). The first-order valence-electron chi connectivity index (χ1n) is 14.0. The van der Waals surface area contributed by atoms with Gasteiger partial charge in [0.2, 0.25) is 0 Å². The number of hydrogen-bond acceptors (Lipinski definition) is 3. The second-order valence-corrected chi connectivity index (χ2v) is 10.3. The predicted octanol–water partition coefficient (Wildman–Crippen LogP) is 7.34. The van der Waals surface area contributed by atoms with E-state index in [1.54, 1.807) is 0 Å². The molecule has 1 aromatic carbocycles. The van der Waals surface area contributed by atoms with Crippen molar-refractivity contribution in [3.05, 3.63) is 34.9 Å². The first kappa shape index (κ1) is 30.1. The van der Waals surface area contributed by atoms with Crippen LogP contribution in [0.25, 0.3) is 0 Å². The van der Waals surface area contributed by atoms with E-state index in [1.807, 2.05) is 0 Å². The van der Waals surface area contributed by atoms with Crippen LogP contribution in [0.1, 0.15) is 133 Å². The average Bonchev–Trinajstić information content (AvgIpc) is 2.84. The van der Waals surface area contributed by atoms with Gasteiger partial charge in [0.1, 0.15) is 0 Å². The minimum atomic E-state index is -0.882. The molecule has 33 heavy (non-hydrogen) atoms. The van der Waals surface area contributed by atoms with Gasteiger partial charge in [-0.2, -0.15) is 0 Å². The Hall–Kier alpha value is -0.900. The minimum absolute atomic E-state index is 0.0916. The summed E-state index contributed by atoms with van der Waals surface area (Å²) in [6.45, 7) is 5.96. The highest BCUT2D eigenvalue weighted by molar-refractivity contribution is 5.39. The zero-order valence-corrected chi connectivity index (χ0v) is 22.1. The van der Waals surface area contributed by atoms with Crippen LogP contribution >= 0.6 is 0 Å². The maximum absolute atomic E-state index is 10.0. The first-order chi connectivity index (χ1) is 16.1. The van der Waals surface area contributed by atoms with E-state index in [0.29, 0.717) is 0 Å². The summed E-state index contributed by atoms with van der Waals surface area (Å²) in [6.07, 6.45) is 20.4. The number of rotatable bonds is 21. The summed E-state index contributed by atoms with van der Waals surface area (Å²) in [7, 11) is 0. The average molecular weight is 463 g/mol. The number of unbranched alkanes of at least 4 members (excludes halogenated alkanes) is 12. The Morgan fingerprint density at radius 2 is 1.09 bits per heavy atom. The van der Waals surface area contributed by atoms with Crippen molar-refractivity contribution < 1.29 is 15.3 Å². The fourth-order valence-electron chi connectivity index (χ4n) is 5.02. The Bertz CT molecular complexity index is 586. The fourth-order valence-corrected chi connectivity index (χ4v) is 5.02. The van der Waals surface area contributed by atoms with Crippen LogP contribution in [-0.4, -0.2) is 35.1 Å². The van der Waals surface area contributed by atoms with Crippen LogP contribution < -0.4 is 0 Å². The fraction of sp³-hybridized carbons (Fsp3) is 0.800. The third kappa shape index (κ3) is 10.5. The van der Waals surface area contributed by atoms with E-state index in [9.17, 15) is 15.3 Å². The minimum Gasteiger partial charge on any atom is -0.396 e. The normalized spacial score (nSPS) is 12.9. The topological polar surface area (TPSA) is 60.7 Å². The summed E-state index contributed by atoms with van der Waals surface area (Å²) in [4.78, 5) is 0. The van der Waals surface area contributed by atoms with Crippen molar-refractivity contribution in [3.8, 4) is 0 Å². The van der Waals surface area contributed by atoms with Crippen molar-refractivity contribution >= 4 is 0 Å². The molecule has 0 saturated heterocycles. The molecule has 3 heteroatoms. The quantitative estimate of drug-likeness (QED) is 0.167. The Balaban J connectivity index is 2.87. The van der Waals surface area contributed by atoms with Gasteiger partial charge in [-0.1, -0.05) is 116 Å². The third-order valence-corrected chi connectivity index (χ3v) is 7.72. The standard InChI is InChI=1S/C30H54O3/c1-4-6-8-10-12-14-16-19-27-20-18-22-28(26(3)30(23-31,24-32)25-33)29(27)21-17-15-13-11-9-7-5-2/h18,20,22,26,31-33H,4-17,19,21,23-25H2,1-3H3. The Kier molecular flexibility index (Phi) is 16.8. The lowest BCUT2D eigenvalue weighted by atomic mass is 9.72. The van der Waals surface area contributed by atoms with Crippen LogP contribution in [0.15, 0.2) is 18.2 Å². The maximum atomic E-state index is 10.0. The summed E-state index contributed by atoms with van der Waals surface area (Å²) in [5, 5.41) is 30.1. The van der Waals surface area contributed by atoms with Gasteiger partial charge in [-0.3, -0.25) is 0 Å². The van der Waals surface area contributed by atoms with Gasteiger partial charge < -0.3 is 15.3 Å². The van der Waals surface area contributed by atoms with Crippen molar-refractivity contribution in [2.75, 3.05) is 19.8 Å². The van der Waals surface area contributed by atoms with Gasteiger partial charge in [-0.25, -0.2) is 0 Å². The highest BCUT2D eigenvalue weighted by Gasteiger charge is 2.36. The van der Waals surface area contributed by atoms with Crippen molar-refractivity contribution in [3.63, 3.8) is 0 Å². The zero-order chi connectivity index (χ0) is 24.4. The molecule has 0 amide bonds. The van der Waals surface area contributed by atoms with Gasteiger partial charge >= 0.3 is 0 Å². The summed E-state index contributed by atoms with van der Waals surface area (Å²) in [5.74, 6) is -0.0916. The summed E-state index contributed by atoms with van der Waals surface area (Å²) in [5.41, 5.74) is 3.16. The third-order valence-electron chi connectivity index (χ3n) is 7.72. The van der Waals surface area contributed by atoms with Crippen LogP contribution in [0.3, 0.4) is 0 Å². The SMILES string of the molecule is CCCCCCCCCc1cccc(C(C)C(CO)(CO)CO)c1CCCCCCCCC. The number of aryl methyl sites for hydroxylation is 1. The van der Waals surface area contributed by atoms with E-state index < -0.39 is 5.41 Å². The predicted molar refractivity (Wildman–Crippen MR) is 142 cm³/mol. The molecule has 3 nitrogen and oxygen atoms in total. The molecule has 0 aliphatic rings. The Morgan fingerprint density at radius 1 is 0.636 bits per heavy atom. The van der Waals surface area contributed by atoms with Gasteiger partial charge in [0.05, 0.1) is 19.8 Å². The smallest absolute Gasteiger partial charge is 0.0537 e. The summed E-state index contributed by atoms with van der Waals surface area (Å²) in [6, 6.07) is 6.57. The molecule has 3 N–H and O–H groups in total. The van der Waals surface area contributed by atoms with E-state index in [1.165, 1.54) is 107 Å². The lowest BCUT2D eigenvalue weighted by Gasteiger charge is -2.36. The summed E-state index contributed by atoms with van der Waals surface area (Å²) >= 11 is 0. The van der Waals surface area contributed by atoms with Gasteiger partial charge in [-0.15, -0.1) is 0 Å². The largest absolute Gasteiger partial charge is 0.396 e. The molecule has 1 aromatic rings. The van der Waals surface area contributed by atoms with Crippen molar-refractivity contribution in [2.45, 2.75) is 129 Å². The number of benzene rings is 1. The molecule has 0 aliphatic carbocycles. The molecule has 0 radical (unpaired) electrons. The van der Waals surface area contributed by atoms with Crippen LogP contribution in [0.5, 0.6) is 0 Å². The molecule has 0 bridgehead atoms. The molecule has 0 spiro atoms. The molecule has 0 fully saturated rings. The van der Waals surface area contributed by atoms with E-state index in [4.69, 9.17) is 0 Å². The number of aliphatic hydroxyl groups excluding tert-OH is 3. The van der Waals surface area contributed by atoms with E-state index in [2.05, 4.69) is 39.0 Å². The van der Waals surface area contributed by atoms with Gasteiger partial charge in [0, 0.05) is 5.41 Å². The number of hydrogen-bond donors (Lipinski definition) is 3. The molecule has 192 valence electrons. The van der Waals surface area contributed by atoms with Crippen LogP contribution in [0, 0.1) is 5.41 Å². The van der Waals surface area contributed by atoms with Gasteiger partial charge in [-0.05, 0) is 48.3 Å². The van der Waals surface area contributed by atoms with E-state index in [0.717, 1.165) is 12.8 Å². The monoisotopic (exact) mass is 462 g/mol. The first-order valence-corrected chi connectivity index (χ1v) is 14.0. The van der Waals surface area contributed by atoms with E-state index >= 15 is 0 Å². The Labute approximate surface area is 205 Å². The molecule has 1 unspecified atom stereocenters. The van der Waals surface area contributed by atoms with E-state index in [-0.39, 0.29) is 25.7 Å². The highest BCUT2D eigenvalue weighted by atomic mass is 16.3. The lowest BCUT2D eigenvalue weighted by Crippen LogP contribution is -2.39.